The quantitative estimate of drug-likeness (QED) is 0.402. The number of carbonyl (C=O) groups excluding carboxylic acids is 2. The summed E-state index contributed by atoms with van der Waals surface area (Å²) in [7, 11) is 0. The minimum absolute atomic E-state index is 0.0675. The van der Waals surface area contributed by atoms with Crippen LogP contribution in [0.3, 0.4) is 0 Å². The molecular weight excluding hydrogens is 491 g/mol. The third kappa shape index (κ3) is 3.48. The molecule has 3 aliphatic carbocycles. The van der Waals surface area contributed by atoms with Gasteiger partial charge in [-0.05, 0) is 53.9 Å². The second-order valence-corrected chi connectivity index (χ2v) is 11.8. The van der Waals surface area contributed by atoms with Gasteiger partial charge in [-0.1, -0.05) is 69.1 Å². The summed E-state index contributed by atoms with van der Waals surface area (Å²) in [6, 6.07) is 4.58. The molecule has 3 aliphatic rings. The van der Waals surface area contributed by atoms with Crippen LogP contribution in [0.5, 0.6) is 0 Å². The van der Waals surface area contributed by atoms with E-state index in [4.69, 9.17) is 27.9 Å². The largest absolute Gasteiger partial charge is 0.451 e. The van der Waals surface area contributed by atoms with Crippen LogP contribution in [-0.4, -0.2) is 51.5 Å². The number of ketones is 1. The number of aliphatic hydroxyl groups excluding tert-OH is 2. The molecule has 2 bridgehead atoms. The van der Waals surface area contributed by atoms with E-state index in [2.05, 4.69) is 6.92 Å². The molecule has 7 atom stereocenters. The molecule has 1 fully saturated rings. The summed E-state index contributed by atoms with van der Waals surface area (Å²) >= 11 is 12.4. The van der Waals surface area contributed by atoms with Crippen LogP contribution in [0.2, 0.25) is 10.0 Å². The van der Waals surface area contributed by atoms with E-state index >= 15 is 0 Å². The molecule has 0 saturated heterocycles. The number of ether oxygens (including phenoxy) is 1. The molecular formula is C27H32Cl2O6. The molecule has 1 aromatic rings. The number of aliphatic hydroxyl groups is 3. The molecule has 190 valence electrons. The number of hydrogen-bond donors (Lipinski definition) is 3. The zero-order valence-electron chi connectivity index (χ0n) is 20.5. The SMILES string of the molecule is CC1=C[C@]23C(=O)[C@@H](C=C(CO)[C@@H](O)[C@]2(O)[C@H]1OC(=O)c1c(Cl)cccc1Cl)C(C)(C)[C@@H](C)C[C@H]3C. The van der Waals surface area contributed by atoms with Crippen LogP contribution in [0.25, 0.3) is 0 Å². The lowest BCUT2D eigenvalue weighted by Gasteiger charge is -2.48. The van der Waals surface area contributed by atoms with Crippen molar-refractivity contribution in [1.82, 2.24) is 0 Å². The topological polar surface area (TPSA) is 104 Å². The standard InChI is InChI=1S/C27H32Cl2O6/c1-13-11-26-15(3)9-14(2)25(4,5)17(22(26)32)10-16(12-30)21(31)27(26,34)23(13)35-24(33)20-18(28)7-6-8-19(20)29/h6-8,10-11,14-15,17,21,23,30-31,34H,9,12H2,1-5H3/t14-,15+,17+,21+,23-,26-,27-/m0/s1. The first-order valence-electron chi connectivity index (χ1n) is 11.9. The van der Waals surface area contributed by atoms with Crippen molar-refractivity contribution in [3.8, 4) is 0 Å². The van der Waals surface area contributed by atoms with Crippen LogP contribution in [0.4, 0.5) is 0 Å². The molecule has 1 aromatic carbocycles. The third-order valence-electron chi connectivity index (χ3n) is 8.90. The van der Waals surface area contributed by atoms with Gasteiger partial charge in [-0.2, -0.15) is 0 Å². The highest BCUT2D eigenvalue weighted by Crippen LogP contribution is 2.62. The fraction of sp³-hybridized carbons (Fsp3) is 0.556. The van der Waals surface area contributed by atoms with Crippen LogP contribution in [0, 0.1) is 28.6 Å². The van der Waals surface area contributed by atoms with Gasteiger partial charge < -0.3 is 20.1 Å². The maximum atomic E-state index is 14.4. The van der Waals surface area contributed by atoms with Crippen LogP contribution >= 0.6 is 23.2 Å². The predicted molar refractivity (Wildman–Crippen MR) is 133 cm³/mol. The van der Waals surface area contributed by atoms with Crippen molar-refractivity contribution in [2.75, 3.05) is 6.61 Å². The maximum absolute atomic E-state index is 14.4. The average Bonchev–Trinajstić information content (AvgIpc) is 2.95. The highest BCUT2D eigenvalue weighted by Gasteiger charge is 2.73. The van der Waals surface area contributed by atoms with E-state index in [0.29, 0.717) is 12.0 Å². The normalized spacial score (nSPS) is 38.1. The second-order valence-electron chi connectivity index (χ2n) is 11.0. The Morgan fingerprint density at radius 1 is 1.17 bits per heavy atom. The van der Waals surface area contributed by atoms with Crippen molar-refractivity contribution in [1.29, 1.82) is 0 Å². The summed E-state index contributed by atoms with van der Waals surface area (Å²) in [6.07, 6.45) is 0.861. The Bertz CT molecular complexity index is 1120. The molecule has 4 rings (SSSR count). The lowest BCUT2D eigenvalue weighted by Crippen LogP contribution is -2.65. The Morgan fingerprint density at radius 3 is 2.34 bits per heavy atom. The number of carbonyl (C=O) groups is 2. The summed E-state index contributed by atoms with van der Waals surface area (Å²) in [5.41, 5.74) is -3.77. The summed E-state index contributed by atoms with van der Waals surface area (Å²) in [5, 5.41) is 34.3. The van der Waals surface area contributed by atoms with Crippen LogP contribution in [-0.2, 0) is 9.53 Å². The van der Waals surface area contributed by atoms with Gasteiger partial charge in [0.05, 0.1) is 27.6 Å². The van der Waals surface area contributed by atoms with E-state index in [1.165, 1.54) is 12.1 Å². The molecule has 8 heteroatoms. The summed E-state index contributed by atoms with van der Waals surface area (Å²) in [5.74, 6) is -2.08. The molecule has 0 aliphatic heterocycles. The van der Waals surface area contributed by atoms with E-state index in [0.717, 1.165) is 0 Å². The van der Waals surface area contributed by atoms with Crippen molar-refractivity contribution in [3.05, 3.63) is 57.1 Å². The zero-order valence-corrected chi connectivity index (χ0v) is 22.0. The van der Waals surface area contributed by atoms with E-state index in [9.17, 15) is 24.9 Å². The monoisotopic (exact) mass is 522 g/mol. The van der Waals surface area contributed by atoms with Gasteiger partial charge in [-0.15, -0.1) is 0 Å². The molecule has 35 heavy (non-hydrogen) atoms. The molecule has 0 unspecified atom stereocenters. The van der Waals surface area contributed by atoms with Crippen LogP contribution in [0.15, 0.2) is 41.5 Å². The Balaban J connectivity index is 1.91. The second kappa shape index (κ2) is 8.70. The number of esters is 1. The van der Waals surface area contributed by atoms with E-state index in [-0.39, 0.29) is 38.8 Å². The van der Waals surface area contributed by atoms with Gasteiger partial charge in [-0.3, -0.25) is 4.79 Å². The number of rotatable bonds is 3. The lowest BCUT2D eigenvalue weighted by molar-refractivity contribution is -0.190. The molecule has 0 aromatic heterocycles. The number of allylic oxidation sites excluding steroid dienone is 1. The van der Waals surface area contributed by atoms with E-state index in [1.54, 1.807) is 25.1 Å². The summed E-state index contributed by atoms with van der Waals surface area (Å²) in [4.78, 5) is 27.6. The summed E-state index contributed by atoms with van der Waals surface area (Å²) < 4.78 is 5.82. The van der Waals surface area contributed by atoms with Crippen LogP contribution < -0.4 is 0 Å². The summed E-state index contributed by atoms with van der Waals surface area (Å²) in [6.45, 7) is 9.05. The van der Waals surface area contributed by atoms with Crippen molar-refractivity contribution < 1.29 is 29.6 Å². The van der Waals surface area contributed by atoms with Gasteiger partial charge in [0.15, 0.2) is 17.5 Å². The number of fused-ring (bicyclic) bond motifs is 1. The van der Waals surface area contributed by atoms with E-state index in [1.807, 2.05) is 20.8 Å². The number of hydrogen-bond acceptors (Lipinski definition) is 6. The Morgan fingerprint density at radius 2 is 1.77 bits per heavy atom. The third-order valence-corrected chi connectivity index (χ3v) is 9.53. The molecule has 1 saturated carbocycles. The minimum Gasteiger partial charge on any atom is -0.451 e. The Hall–Kier alpha value is -1.70. The highest BCUT2D eigenvalue weighted by molar-refractivity contribution is 6.39. The van der Waals surface area contributed by atoms with Gasteiger partial charge in [0.2, 0.25) is 0 Å². The molecule has 6 nitrogen and oxygen atoms in total. The fourth-order valence-electron chi connectivity index (χ4n) is 6.51. The fourth-order valence-corrected chi connectivity index (χ4v) is 7.06. The minimum atomic E-state index is -2.24. The first-order valence-corrected chi connectivity index (χ1v) is 12.6. The van der Waals surface area contributed by atoms with Crippen molar-refractivity contribution >= 4 is 35.0 Å². The molecule has 0 amide bonds. The zero-order chi connectivity index (χ0) is 26.1. The molecule has 1 spiro atoms. The number of benzene rings is 1. The first-order chi connectivity index (χ1) is 16.2. The first kappa shape index (κ1) is 26.4. The molecule has 0 heterocycles. The average molecular weight is 523 g/mol. The molecule has 0 radical (unpaired) electrons. The van der Waals surface area contributed by atoms with Gasteiger partial charge in [0.1, 0.15) is 6.10 Å². The maximum Gasteiger partial charge on any atom is 0.341 e. The Labute approximate surface area is 215 Å². The van der Waals surface area contributed by atoms with Crippen molar-refractivity contribution in [3.63, 3.8) is 0 Å². The van der Waals surface area contributed by atoms with Crippen molar-refractivity contribution in [2.24, 2.45) is 28.6 Å². The van der Waals surface area contributed by atoms with Crippen molar-refractivity contribution in [2.45, 2.75) is 58.8 Å². The number of halogens is 2. The highest BCUT2D eigenvalue weighted by atomic mass is 35.5. The van der Waals surface area contributed by atoms with Gasteiger partial charge in [-0.25, -0.2) is 4.79 Å². The van der Waals surface area contributed by atoms with Gasteiger partial charge in [0, 0.05) is 5.92 Å². The van der Waals surface area contributed by atoms with Gasteiger partial charge >= 0.3 is 5.97 Å². The van der Waals surface area contributed by atoms with Gasteiger partial charge in [0.25, 0.3) is 0 Å². The van der Waals surface area contributed by atoms with E-state index < -0.39 is 47.1 Å². The predicted octanol–water partition coefficient (Wildman–Crippen LogP) is 4.38. The smallest absolute Gasteiger partial charge is 0.341 e. The number of Topliss-reactive ketones (excluding diaryl/α,β-unsaturated/α-hetero) is 1. The Kier molecular flexibility index (Phi) is 6.56. The molecule has 3 N–H and O–H groups in total. The van der Waals surface area contributed by atoms with Crippen LogP contribution in [0.1, 0.15) is 51.4 Å². The lowest BCUT2D eigenvalue weighted by atomic mass is 9.59.